The SMILES string of the molecule is CCCC(CC)Nc1ccc(C(=N)c2cc(C(=O)NC(c3ccccc3)C3CC3)ccc2N)cc1. The lowest BCUT2D eigenvalue weighted by molar-refractivity contribution is 0.0931. The summed E-state index contributed by atoms with van der Waals surface area (Å²) in [4.78, 5) is 13.2. The van der Waals surface area contributed by atoms with E-state index in [2.05, 4.69) is 36.6 Å². The van der Waals surface area contributed by atoms with Crippen molar-refractivity contribution in [3.63, 3.8) is 0 Å². The Labute approximate surface area is 208 Å². The maximum atomic E-state index is 13.2. The number of carbonyl (C=O) groups excluding carboxylic acids is 1. The first-order chi connectivity index (χ1) is 17.0. The van der Waals surface area contributed by atoms with Crippen LogP contribution in [0, 0.1) is 11.3 Å². The van der Waals surface area contributed by atoms with Crippen molar-refractivity contribution in [3.8, 4) is 0 Å². The molecule has 5 nitrogen and oxygen atoms in total. The Hall–Kier alpha value is -3.60. The van der Waals surface area contributed by atoms with Crippen molar-refractivity contribution < 1.29 is 4.79 Å². The fraction of sp³-hybridized carbons (Fsp3) is 0.333. The minimum absolute atomic E-state index is 0.00357. The van der Waals surface area contributed by atoms with Crippen LogP contribution in [0.3, 0.4) is 0 Å². The molecule has 0 aromatic heterocycles. The van der Waals surface area contributed by atoms with E-state index in [0.717, 1.165) is 48.9 Å². The number of amides is 1. The van der Waals surface area contributed by atoms with E-state index >= 15 is 0 Å². The Bertz CT molecular complexity index is 1150. The number of hydrogen-bond acceptors (Lipinski definition) is 4. The number of rotatable bonds is 11. The Morgan fingerprint density at radius 2 is 1.69 bits per heavy atom. The lowest BCUT2D eigenvalue weighted by Crippen LogP contribution is -2.30. The van der Waals surface area contributed by atoms with Crippen molar-refractivity contribution in [2.24, 2.45) is 5.92 Å². The van der Waals surface area contributed by atoms with Gasteiger partial charge < -0.3 is 16.4 Å². The zero-order chi connectivity index (χ0) is 24.8. The molecule has 1 amide bonds. The predicted molar refractivity (Wildman–Crippen MR) is 145 cm³/mol. The maximum Gasteiger partial charge on any atom is 0.251 e. The van der Waals surface area contributed by atoms with Crippen molar-refractivity contribution in [1.82, 2.24) is 5.32 Å². The van der Waals surface area contributed by atoms with Crippen LogP contribution in [-0.2, 0) is 0 Å². The number of nitrogens with one attached hydrogen (secondary N) is 3. The summed E-state index contributed by atoms with van der Waals surface area (Å²) >= 11 is 0. The third kappa shape index (κ3) is 6.10. The van der Waals surface area contributed by atoms with Gasteiger partial charge in [-0.1, -0.05) is 62.7 Å². The number of benzene rings is 3. The summed E-state index contributed by atoms with van der Waals surface area (Å²) in [6.45, 7) is 4.39. The number of nitrogen functional groups attached to an aromatic ring is 1. The minimum Gasteiger partial charge on any atom is -0.398 e. The fourth-order valence-corrected chi connectivity index (χ4v) is 4.55. The zero-order valence-corrected chi connectivity index (χ0v) is 20.7. The van der Waals surface area contributed by atoms with Gasteiger partial charge in [-0.05, 0) is 67.5 Å². The van der Waals surface area contributed by atoms with E-state index in [4.69, 9.17) is 11.1 Å². The second-order valence-electron chi connectivity index (χ2n) is 9.49. The molecule has 4 rings (SSSR count). The van der Waals surface area contributed by atoms with E-state index in [1.54, 1.807) is 18.2 Å². The molecule has 5 N–H and O–H groups in total. The quantitative estimate of drug-likeness (QED) is 0.190. The average Bonchev–Trinajstić information content (AvgIpc) is 3.73. The summed E-state index contributed by atoms with van der Waals surface area (Å²) in [6, 6.07) is 23.7. The van der Waals surface area contributed by atoms with Crippen molar-refractivity contribution in [2.75, 3.05) is 11.1 Å². The van der Waals surface area contributed by atoms with E-state index in [1.807, 2.05) is 42.5 Å². The molecule has 3 aromatic carbocycles. The highest BCUT2D eigenvalue weighted by molar-refractivity contribution is 6.15. The van der Waals surface area contributed by atoms with Crippen LogP contribution in [-0.4, -0.2) is 17.7 Å². The second-order valence-corrected chi connectivity index (χ2v) is 9.49. The lowest BCUT2D eigenvalue weighted by atomic mass is 9.97. The molecule has 0 spiro atoms. The molecule has 0 bridgehead atoms. The lowest BCUT2D eigenvalue weighted by Gasteiger charge is -2.19. The molecule has 0 aliphatic heterocycles. The first-order valence-corrected chi connectivity index (χ1v) is 12.7. The summed E-state index contributed by atoms with van der Waals surface area (Å²) in [7, 11) is 0. The number of anilines is 2. The highest BCUT2D eigenvalue weighted by Crippen LogP contribution is 2.41. The highest BCUT2D eigenvalue weighted by atomic mass is 16.1. The highest BCUT2D eigenvalue weighted by Gasteiger charge is 2.33. The van der Waals surface area contributed by atoms with Crippen LogP contribution in [0.15, 0.2) is 72.8 Å². The van der Waals surface area contributed by atoms with Crippen LogP contribution in [0.5, 0.6) is 0 Å². The van der Waals surface area contributed by atoms with Gasteiger partial charge in [0.1, 0.15) is 0 Å². The smallest absolute Gasteiger partial charge is 0.251 e. The molecule has 1 aliphatic carbocycles. The average molecular weight is 469 g/mol. The van der Waals surface area contributed by atoms with E-state index in [1.165, 1.54) is 0 Å². The standard InChI is InChI=1S/C30H36N4O/c1-3-8-24(4-2)33-25-16-13-20(14-17-25)28(32)26-19-23(15-18-27(26)31)30(35)34-29(22-11-12-22)21-9-6-5-7-10-21/h5-7,9-10,13-19,22,24,29,32-33H,3-4,8,11-12,31H2,1-2H3,(H,34,35). The number of nitrogens with two attached hydrogens (primary N) is 1. The Kier molecular flexibility index (Phi) is 7.86. The molecule has 1 saturated carbocycles. The first kappa shape index (κ1) is 24.5. The van der Waals surface area contributed by atoms with Crippen LogP contribution in [0.4, 0.5) is 11.4 Å². The van der Waals surface area contributed by atoms with Gasteiger partial charge >= 0.3 is 0 Å². The fourth-order valence-electron chi connectivity index (χ4n) is 4.55. The van der Waals surface area contributed by atoms with E-state index < -0.39 is 0 Å². The first-order valence-electron chi connectivity index (χ1n) is 12.7. The van der Waals surface area contributed by atoms with E-state index in [-0.39, 0.29) is 11.9 Å². The Morgan fingerprint density at radius 1 is 1.00 bits per heavy atom. The molecule has 0 heterocycles. The van der Waals surface area contributed by atoms with Crippen LogP contribution in [0.25, 0.3) is 0 Å². The summed E-state index contributed by atoms with van der Waals surface area (Å²) in [5.41, 5.74) is 11.1. The van der Waals surface area contributed by atoms with Gasteiger partial charge in [0, 0.05) is 34.1 Å². The molecule has 182 valence electrons. The molecular formula is C30H36N4O. The van der Waals surface area contributed by atoms with Gasteiger partial charge in [-0.2, -0.15) is 0 Å². The summed E-state index contributed by atoms with van der Waals surface area (Å²) in [5, 5.41) is 15.6. The van der Waals surface area contributed by atoms with Crippen molar-refractivity contribution in [2.45, 2.75) is 58.0 Å². The van der Waals surface area contributed by atoms with E-state index in [9.17, 15) is 4.79 Å². The molecule has 2 unspecified atom stereocenters. The third-order valence-electron chi connectivity index (χ3n) is 6.80. The maximum absolute atomic E-state index is 13.2. The van der Waals surface area contributed by atoms with Gasteiger partial charge in [0.05, 0.1) is 11.8 Å². The molecule has 0 saturated heterocycles. The number of hydrogen-bond donors (Lipinski definition) is 4. The summed E-state index contributed by atoms with van der Waals surface area (Å²) in [6.07, 6.45) is 5.59. The Balaban J connectivity index is 1.49. The molecular weight excluding hydrogens is 432 g/mol. The zero-order valence-electron chi connectivity index (χ0n) is 20.7. The predicted octanol–water partition coefficient (Wildman–Crippen LogP) is 6.56. The summed E-state index contributed by atoms with van der Waals surface area (Å²) < 4.78 is 0. The largest absolute Gasteiger partial charge is 0.398 e. The molecule has 35 heavy (non-hydrogen) atoms. The monoisotopic (exact) mass is 468 g/mol. The van der Waals surface area contributed by atoms with E-state index in [0.29, 0.717) is 34.5 Å². The molecule has 1 fully saturated rings. The van der Waals surface area contributed by atoms with Gasteiger partial charge in [-0.3, -0.25) is 10.2 Å². The molecule has 0 radical (unpaired) electrons. The van der Waals surface area contributed by atoms with Gasteiger partial charge in [0.15, 0.2) is 0 Å². The second kappa shape index (κ2) is 11.2. The number of carbonyl (C=O) groups is 1. The van der Waals surface area contributed by atoms with Crippen molar-refractivity contribution in [3.05, 3.63) is 95.1 Å². The van der Waals surface area contributed by atoms with Crippen LogP contribution < -0.4 is 16.4 Å². The molecule has 5 heteroatoms. The molecule has 2 atom stereocenters. The van der Waals surface area contributed by atoms with Crippen LogP contribution >= 0.6 is 0 Å². The van der Waals surface area contributed by atoms with Gasteiger partial charge in [0.25, 0.3) is 5.91 Å². The third-order valence-corrected chi connectivity index (χ3v) is 6.80. The van der Waals surface area contributed by atoms with Crippen molar-refractivity contribution >= 4 is 23.0 Å². The van der Waals surface area contributed by atoms with Crippen LogP contribution in [0.1, 0.15) is 79.0 Å². The van der Waals surface area contributed by atoms with Gasteiger partial charge in [-0.15, -0.1) is 0 Å². The van der Waals surface area contributed by atoms with Crippen LogP contribution in [0.2, 0.25) is 0 Å². The molecule has 3 aromatic rings. The minimum atomic E-state index is -0.138. The van der Waals surface area contributed by atoms with Gasteiger partial charge in [-0.25, -0.2) is 0 Å². The topological polar surface area (TPSA) is 91.0 Å². The van der Waals surface area contributed by atoms with Crippen molar-refractivity contribution in [1.29, 1.82) is 5.41 Å². The molecule has 1 aliphatic rings. The van der Waals surface area contributed by atoms with Gasteiger partial charge in [0.2, 0.25) is 0 Å². The summed E-state index contributed by atoms with van der Waals surface area (Å²) in [5.74, 6) is 0.338. The normalized spacial score (nSPS) is 14.7. The Morgan fingerprint density at radius 3 is 2.31 bits per heavy atom.